The average Bonchev–Trinajstić information content (AvgIpc) is 2.68. The molecule has 7 nitrogen and oxygen atoms in total. The van der Waals surface area contributed by atoms with Crippen LogP contribution < -0.4 is 10.2 Å². The quantitative estimate of drug-likeness (QED) is 0.436. The van der Waals surface area contributed by atoms with E-state index in [-0.39, 0.29) is 44.7 Å². The molecule has 1 aromatic carbocycles. The monoisotopic (exact) mass is 546 g/mol. The summed E-state index contributed by atoms with van der Waals surface area (Å²) in [4.78, 5) is 17.3. The Kier molecular flexibility index (Phi) is 7.89. The summed E-state index contributed by atoms with van der Waals surface area (Å²) in [6.07, 6.45) is 3.18. The summed E-state index contributed by atoms with van der Waals surface area (Å²) < 4.78 is 30.4. The van der Waals surface area contributed by atoms with Gasteiger partial charge in [0.2, 0.25) is 0 Å². The van der Waals surface area contributed by atoms with Crippen LogP contribution in [0.2, 0.25) is 15.1 Å². The van der Waals surface area contributed by atoms with Gasteiger partial charge in [-0.25, -0.2) is 8.42 Å². The zero-order valence-corrected chi connectivity index (χ0v) is 22.2. The van der Waals surface area contributed by atoms with E-state index in [0.29, 0.717) is 34.8 Å². The highest BCUT2D eigenvalue weighted by Crippen LogP contribution is 2.37. The highest BCUT2D eigenvalue weighted by Gasteiger charge is 2.21. The number of hydrogen-bond donors (Lipinski definition) is 1. The van der Waals surface area contributed by atoms with Gasteiger partial charge in [-0.3, -0.25) is 9.78 Å². The van der Waals surface area contributed by atoms with Crippen molar-refractivity contribution in [1.82, 2.24) is 9.55 Å². The summed E-state index contributed by atoms with van der Waals surface area (Å²) in [7, 11) is -3.15. The van der Waals surface area contributed by atoms with Crippen molar-refractivity contribution in [2.45, 2.75) is 39.2 Å². The third kappa shape index (κ3) is 6.23. The molecular weight excluding hydrogens is 523 g/mol. The molecule has 0 fully saturated rings. The second kappa shape index (κ2) is 10.0. The Morgan fingerprint density at radius 1 is 1.12 bits per heavy atom. The molecule has 2 heterocycles. The van der Waals surface area contributed by atoms with Crippen molar-refractivity contribution in [3.8, 4) is 11.4 Å². The first-order valence-electron chi connectivity index (χ1n) is 10.4. The molecule has 184 valence electrons. The van der Waals surface area contributed by atoms with Crippen LogP contribution in [0.25, 0.3) is 16.6 Å². The number of halogens is 3. The van der Waals surface area contributed by atoms with E-state index in [9.17, 15) is 18.3 Å². The van der Waals surface area contributed by atoms with Crippen LogP contribution in [-0.4, -0.2) is 47.3 Å². The van der Waals surface area contributed by atoms with Crippen LogP contribution in [0.15, 0.2) is 29.2 Å². The van der Waals surface area contributed by atoms with Gasteiger partial charge in [0.25, 0.3) is 0 Å². The Labute approximate surface area is 213 Å². The standard InChI is InChI=1S/C23H25Cl3N2O5S/c1-13-8-19(29)20-18(6-5-7-34(4,31)32)27-11-17(26)22(20)28(13)21-15(24)9-14(10-16(21)25)33-12-23(2,3)30/h8-11,30H,5-7,12H2,1-4H3. The second-order valence-electron chi connectivity index (χ2n) is 8.83. The molecule has 0 amide bonds. The smallest absolute Gasteiger partial charge is 0.191 e. The van der Waals surface area contributed by atoms with Crippen molar-refractivity contribution >= 4 is 55.5 Å². The first kappa shape index (κ1) is 26.8. The predicted octanol–water partition coefficient (Wildman–Crippen LogP) is 4.78. The fourth-order valence-corrected chi connectivity index (χ4v) is 5.11. The molecule has 0 aliphatic heterocycles. The van der Waals surface area contributed by atoms with Crippen LogP contribution in [0.3, 0.4) is 0 Å². The maximum Gasteiger partial charge on any atom is 0.191 e. The number of rotatable bonds is 8. The first-order chi connectivity index (χ1) is 15.7. The van der Waals surface area contributed by atoms with Gasteiger partial charge < -0.3 is 14.4 Å². The second-order valence-corrected chi connectivity index (χ2v) is 12.3. The zero-order chi connectivity index (χ0) is 25.4. The highest BCUT2D eigenvalue weighted by molar-refractivity contribution is 7.90. The van der Waals surface area contributed by atoms with E-state index in [2.05, 4.69) is 4.98 Å². The average molecular weight is 548 g/mol. The fourth-order valence-electron chi connectivity index (χ4n) is 3.58. The van der Waals surface area contributed by atoms with Crippen LogP contribution in [0, 0.1) is 6.92 Å². The summed E-state index contributed by atoms with van der Waals surface area (Å²) in [6.45, 7) is 4.99. The number of fused-ring (bicyclic) bond motifs is 1. The highest BCUT2D eigenvalue weighted by atomic mass is 35.5. The lowest BCUT2D eigenvalue weighted by molar-refractivity contribution is 0.0285. The topological polar surface area (TPSA) is 98.5 Å². The molecule has 0 spiro atoms. The molecule has 0 aliphatic rings. The zero-order valence-electron chi connectivity index (χ0n) is 19.2. The van der Waals surface area contributed by atoms with Crippen LogP contribution in [0.4, 0.5) is 0 Å². The molecule has 0 bridgehead atoms. The van der Waals surface area contributed by atoms with Crippen LogP contribution in [0.1, 0.15) is 31.7 Å². The number of sulfone groups is 1. The van der Waals surface area contributed by atoms with Gasteiger partial charge in [0, 0.05) is 36.3 Å². The SMILES string of the molecule is Cc1cc(=O)c2c(CCCS(C)(=O)=O)ncc(Cl)c2n1-c1c(Cl)cc(OCC(C)(C)O)cc1Cl. The fraction of sp³-hybridized carbons (Fsp3) is 0.391. The molecule has 2 aromatic heterocycles. The Hall–Kier alpha value is -1.84. The normalized spacial score (nSPS) is 12.4. The van der Waals surface area contributed by atoms with Gasteiger partial charge in [0.1, 0.15) is 22.2 Å². The molecule has 0 unspecified atom stereocenters. The number of nitrogens with zero attached hydrogens (tertiary/aromatic N) is 2. The Balaban J connectivity index is 2.18. The molecule has 3 aromatic rings. The Bertz CT molecular complexity index is 1390. The summed E-state index contributed by atoms with van der Waals surface area (Å²) in [6, 6.07) is 4.58. The van der Waals surface area contributed by atoms with Gasteiger partial charge in [-0.2, -0.15) is 0 Å². The van der Waals surface area contributed by atoms with Crippen LogP contribution in [0.5, 0.6) is 5.75 Å². The molecule has 0 saturated carbocycles. The minimum Gasteiger partial charge on any atom is -0.491 e. The molecule has 34 heavy (non-hydrogen) atoms. The number of pyridine rings is 2. The maximum absolute atomic E-state index is 13.0. The largest absolute Gasteiger partial charge is 0.491 e. The number of hydrogen-bond acceptors (Lipinski definition) is 6. The van der Waals surface area contributed by atoms with Crippen LogP contribution >= 0.6 is 34.8 Å². The van der Waals surface area contributed by atoms with E-state index in [1.54, 1.807) is 37.5 Å². The lowest BCUT2D eigenvalue weighted by atomic mass is 10.1. The van der Waals surface area contributed by atoms with Crippen LogP contribution in [-0.2, 0) is 16.3 Å². The van der Waals surface area contributed by atoms with E-state index in [1.165, 1.54) is 12.3 Å². The van der Waals surface area contributed by atoms with Crippen molar-refractivity contribution in [1.29, 1.82) is 0 Å². The third-order valence-corrected chi connectivity index (χ3v) is 6.87. The van der Waals surface area contributed by atoms with E-state index in [1.807, 2.05) is 0 Å². The maximum atomic E-state index is 13.0. The number of ether oxygens (including phenoxy) is 1. The van der Waals surface area contributed by atoms with E-state index in [0.717, 1.165) is 6.26 Å². The summed E-state index contributed by atoms with van der Waals surface area (Å²) in [5, 5.41) is 10.9. The lowest BCUT2D eigenvalue weighted by Gasteiger charge is -2.21. The first-order valence-corrected chi connectivity index (χ1v) is 13.6. The summed E-state index contributed by atoms with van der Waals surface area (Å²) >= 11 is 19.7. The number of aromatic nitrogens is 2. The van der Waals surface area contributed by atoms with E-state index >= 15 is 0 Å². The minimum absolute atomic E-state index is 0.0252. The molecule has 11 heteroatoms. The van der Waals surface area contributed by atoms with E-state index < -0.39 is 15.4 Å². The number of benzene rings is 1. The minimum atomic E-state index is -3.15. The summed E-state index contributed by atoms with van der Waals surface area (Å²) in [5.41, 5.74) is 0.435. The third-order valence-electron chi connectivity index (χ3n) is 4.98. The van der Waals surface area contributed by atoms with Gasteiger partial charge in [0.15, 0.2) is 5.43 Å². The van der Waals surface area contributed by atoms with E-state index in [4.69, 9.17) is 39.5 Å². The predicted molar refractivity (Wildman–Crippen MR) is 137 cm³/mol. The van der Waals surface area contributed by atoms with Gasteiger partial charge in [0.05, 0.1) is 48.7 Å². The Morgan fingerprint density at radius 2 is 1.74 bits per heavy atom. The Morgan fingerprint density at radius 3 is 2.29 bits per heavy atom. The molecule has 0 radical (unpaired) electrons. The molecule has 0 saturated heterocycles. The van der Waals surface area contributed by atoms with Crippen molar-refractivity contribution in [3.05, 3.63) is 61.1 Å². The lowest BCUT2D eigenvalue weighted by Crippen LogP contribution is -2.27. The van der Waals surface area contributed by atoms with Crippen molar-refractivity contribution in [3.63, 3.8) is 0 Å². The number of aryl methyl sites for hydroxylation is 2. The molecule has 3 rings (SSSR count). The van der Waals surface area contributed by atoms with Crippen molar-refractivity contribution in [2.24, 2.45) is 0 Å². The molecular formula is C23H25Cl3N2O5S. The number of aliphatic hydroxyl groups is 1. The summed E-state index contributed by atoms with van der Waals surface area (Å²) in [5.74, 6) is 0.348. The van der Waals surface area contributed by atoms with Crippen molar-refractivity contribution in [2.75, 3.05) is 18.6 Å². The molecule has 1 N–H and O–H groups in total. The van der Waals surface area contributed by atoms with Gasteiger partial charge in [-0.15, -0.1) is 0 Å². The molecule has 0 atom stereocenters. The van der Waals surface area contributed by atoms with Gasteiger partial charge >= 0.3 is 0 Å². The molecule has 0 aliphatic carbocycles. The van der Waals surface area contributed by atoms with Gasteiger partial charge in [-0.1, -0.05) is 34.8 Å². The van der Waals surface area contributed by atoms with Gasteiger partial charge in [-0.05, 0) is 33.6 Å². The van der Waals surface area contributed by atoms with Crippen molar-refractivity contribution < 1.29 is 18.3 Å².